The highest BCUT2D eigenvalue weighted by atomic mass is 19.3. The van der Waals surface area contributed by atoms with Gasteiger partial charge >= 0.3 is 5.97 Å². The molecule has 3 heterocycles. The largest absolute Gasteiger partial charge is 0.497 e. The summed E-state index contributed by atoms with van der Waals surface area (Å²) in [6, 6.07) is 8.78. The number of halogens is 2. The Hall–Kier alpha value is -4.21. The molecule has 10 heteroatoms. The molecule has 192 valence electrons. The smallest absolute Gasteiger partial charge is 0.325 e. The maximum atomic E-state index is 14.4. The van der Waals surface area contributed by atoms with E-state index in [1.54, 1.807) is 37.8 Å². The van der Waals surface area contributed by atoms with Crippen LogP contribution >= 0.6 is 0 Å². The van der Waals surface area contributed by atoms with E-state index in [9.17, 15) is 18.4 Å². The second-order valence-corrected chi connectivity index (χ2v) is 9.22. The van der Waals surface area contributed by atoms with Gasteiger partial charge in [0.2, 0.25) is 0 Å². The number of alkyl halides is 2. The molecule has 0 amide bonds. The van der Waals surface area contributed by atoms with Gasteiger partial charge < -0.3 is 19.3 Å². The molecule has 0 aliphatic carbocycles. The van der Waals surface area contributed by atoms with Crippen LogP contribution in [-0.2, 0) is 24.8 Å². The molecule has 0 spiro atoms. The lowest BCUT2D eigenvalue weighted by molar-refractivity contribution is -0.137. The first kappa shape index (κ1) is 24.5. The molecule has 5 rings (SSSR count). The third-order valence-electron chi connectivity index (χ3n) is 6.85. The van der Waals surface area contributed by atoms with E-state index in [1.165, 1.54) is 23.1 Å². The molecule has 0 atom stereocenters. The first-order valence-corrected chi connectivity index (χ1v) is 11.8. The van der Waals surface area contributed by atoms with Gasteiger partial charge in [0.25, 0.3) is 12.0 Å². The molecule has 37 heavy (non-hydrogen) atoms. The predicted octanol–water partition coefficient (Wildman–Crippen LogP) is 4.83. The van der Waals surface area contributed by atoms with E-state index in [4.69, 9.17) is 9.84 Å². The molecule has 2 aromatic heterocycles. The van der Waals surface area contributed by atoms with Gasteiger partial charge in [-0.3, -0.25) is 14.3 Å². The summed E-state index contributed by atoms with van der Waals surface area (Å²) in [6.45, 7) is 2.01. The molecule has 0 saturated carbocycles. The van der Waals surface area contributed by atoms with Crippen LogP contribution in [0.25, 0.3) is 22.0 Å². The number of anilines is 2. The van der Waals surface area contributed by atoms with Crippen LogP contribution in [0.4, 0.5) is 20.2 Å². The van der Waals surface area contributed by atoms with E-state index in [2.05, 4.69) is 5.10 Å². The number of methoxy groups -OCH3 is 1. The van der Waals surface area contributed by atoms with Gasteiger partial charge in [-0.05, 0) is 49.1 Å². The Morgan fingerprint density at radius 1 is 1.19 bits per heavy atom. The number of ether oxygens (including phenoxy) is 1. The first-order chi connectivity index (χ1) is 17.7. The van der Waals surface area contributed by atoms with Crippen LogP contribution < -0.4 is 15.2 Å². The Bertz CT molecular complexity index is 1590. The van der Waals surface area contributed by atoms with Crippen LogP contribution in [0.2, 0.25) is 0 Å². The molecular weight excluding hydrogens is 482 g/mol. The molecule has 8 nitrogen and oxygen atoms in total. The lowest BCUT2D eigenvalue weighted by atomic mass is 9.92. The zero-order chi connectivity index (χ0) is 26.4. The lowest BCUT2D eigenvalue weighted by Crippen LogP contribution is -2.26. The minimum absolute atomic E-state index is 0.112. The molecule has 1 aliphatic rings. The van der Waals surface area contributed by atoms with Crippen molar-refractivity contribution < 1.29 is 23.4 Å². The van der Waals surface area contributed by atoms with E-state index < -0.39 is 12.4 Å². The fourth-order valence-corrected chi connectivity index (χ4v) is 5.07. The predicted molar refractivity (Wildman–Crippen MR) is 136 cm³/mol. The third-order valence-corrected chi connectivity index (χ3v) is 6.85. The molecule has 0 bridgehead atoms. The number of rotatable bonds is 6. The number of hydrogen-bond acceptors (Lipinski definition) is 5. The molecule has 4 aromatic rings. The number of aryl methyl sites for hydroxylation is 3. The van der Waals surface area contributed by atoms with Crippen LogP contribution in [0.15, 0.2) is 47.5 Å². The Balaban J connectivity index is 1.70. The second kappa shape index (κ2) is 9.34. The standard InChI is InChI=1S/C27H26F2N4O4/c1-15-7-21-23(31(2)27(15)36)9-18(37-3)10-24(21)33-6-4-5-16-8-19(20(26(28)29)11-22(16)33)17-12-30-32(13-17)14-25(34)35/h7-13,26H,4-6,14H2,1-3H3,(H,34,35). The number of aliphatic carboxylic acids is 1. The highest BCUT2D eigenvalue weighted by Gasteiger charge is 2.26. The Morgan fingerprint density at radius 2 is 1.97 bits per heavy atom. The zero-order valence-corrected chi connectivity index (χ0v) is 20.7. The summed E-state index contributed by atoms with van der Waals surface area (Å²) in [5, 5.41) is 13.9. The van der Waals surface area contributed by atoms with E-state index in [1.807, 2.05) is 17.0 Å². The van der Waals surface area contributed by atoms with Crippen LogP contribution in [0, 0.1) is 6.92 Å². The quantitative estimate of drug-likeness (QED) is 0.402. The first-order valence-electron chi connectivity index (χ1n) is 11.8. The van der Waals surface area contributed by atoms with Gasteiger partial charge in [-0.15, -0.1) is 0 Å². The summed E-state index contributed by atoms with van der Waals surface area (Å²) < 4.78 is 37.0. The molecule has 2 aromatic carbocycles. The summed E-state index contributed by atoms with van der Waals surface area (Å²) in [7, 11) is 3.25. The summed E-state index contributed by atoms with van der Waals surface area (Å²) in [5.41, 5.74) is 4.12. The van der Waals surface area contributed by atoms with Crippen LogP contribution in [0.3, 0.4) is 0 Å². The molecule has 0 fully saturated rings. The average molecular weight is 509 g/mol. The minimum atomic E-state index is -2.75. The number of pyridine rings is 1. The minimum Gasteiger partial charge on any atom is -0.497 e. The van der Waals surface area contributed by atoms with Crippen molar-refractivity contribution in [2.75, 3.05) is 18.6 Å². The van der Waals surface area contributed by atoms with Crippen molar-refractivity contribution in [2.24, 2.45) is 7.05 Å². The van der Waals surface area contributed by atoms with E-state index in [0.29, 0.717) is 46.6 Å². The molecule has 0 saturated heterocycles. The maximum absolute atomic E-state index is 14.4. The van der Waals surface area contributed by atoms with Gasteiger partial charge in [0, 0.05) is 59.7 Å². The Kier molecular flexibility index (Phi) is 6.18. The number of carboxylic acid groups (broad SMARTS) is 1. The van der Waals surface area contributed by atoms with Crippen LogP contribution in [0.1, 0.15) is 29.5 Å². The lowest BCUT2D eigenvalue weighted by Gasteiger charge is -2.34. The molecule has 1 N–H and O–H groups in total. The third kappa shape index (κ3) is 4.32. The SMILES string of the molecule is COc1cc(N2CCCc3cc(-c4cnn(CC(=O)O)c4)c(C(F)F)cc32)c2cc(C)c(=O)n(C)c2c1. The summed E-state index contributed by atoms with van der Waals surface area (Å²) in [5.74, 6) is -0.506. The highest BCUT2D eigenvalue weighted by Crippen LogP contribution is 2.43. The number of nitrogens with zero attached hydrogens (tertiary/aromatic N) is 4. The van der Waals surface area contributed by atoms with Gasteiger partial charge in [0.05, 0.1) is 24.5 Å². The number of carboxylic acids is 1. The molecule has 0 radical (unpaired) electrons. The number of fused-ring (bicyclic) bond motifs is 2. The number of carbonyl (C=O) groups is 1. The van der Waals surface area contributed by atoms with Gasteiger partial charge in [-0.1, -0.05) is 0 Å². The van der Waals surface area contributed by atoms with Gasteiger partial charge in [-0.2, -0.15) is 5.10 Å². The Labute approximate surface area is 211 Å². The highest BCUT2D eigenvalue weighted by molar-refractivity contribution is 5.96. The van der Waals surface area contributed by atoms with Crippen molar-refractivity contribution in [3.05, 3.63) is 69.8 Å². The van der Waals surface area contributed by atoms with Crippen molar-refractivity contribution in [3.63, 3.8) is 0 Å². The zero-order valence-electron chi connectivity index (χ0n) is 20.7. The summed E-state index contributed by atoms with van der Waals surface area (Å²) >= 11 is 0. The molecule has 1 aliphatic heterocycles. The fourth-order valence-electron chi connectivity index (χ4n) is 5.07. The van der Waals surface area contributed by atoms with Crippen molar-refractivity contribution >= 4 is 28.2 Å². The molecular formula is C27H26F2N4O4. The van der Waals surface area contributed by atoms with Gasteiger partial charge in [-0.25, -0.2) is 8.78 Å². The number of aromatic nitrogens is 3. The van der Waals surface area contributed by atoms with Crippen LogP contribution in [0.5, 0.6) is 5.75 Å². The van der Waals surface area contributed by atoms with Gasteiger partial charge in [0.15, 0.2) is 0 Å². The van der Waals surface area contributed by atoms with E-state index in [-0.39, 0.29) is 17.7 Å². The van der Waals surface area contributed by atoms with E-state index in [0.717, 1.165) is 23.1 Å². The van der Waals surface area contributed by atoms with Crippen molar-refractivity contribution in [1.29, 1.82) is 0 Å². The van der Waals surface area contributed by atoms with Crippen molar-refractivity contribution in [1.82, 2.24) is 14.3 Å². The second-order valence-electron chi connectivity index (χ2n) is 9.22. The van der Waals surface area contributed by atoms with Crippen molar-refractivity contribution in [2.45, 2.75) is 32.7 Å². The number of hydrogen-bond donors (Lipinski definition) is 1. The normalized spacial score (nSPS) is 13.3. The molecule has 0 unspecified atom stereocenters. The van der Waals surface area contributed by atoms with Gasteiger partial charge in [0.1, 0.15) is 12.3 Å². The summed E-state index contributed by atoms with van der Waals surface area (Å²) in [4.78, 5) is 25.7. The average Bonchev–Trinajstić information content (AvgIpc) is 3.33. The van der Waals surface area contributed by atoms with E-state index >= 15 is 0 Å². The van der Waals surface area contributed by atoms with Crippen LogP contribution in [-0.4, -0.2) is 39.1 Å². The topological polar surface area (TPSA) is 89.6 Å². The fraction of sp³-hybridized carbons (Fsp3) is 0.296. The Morgan fingerprint density at radius 3 is 2.68 bits per heavy atom. The monoisotopic (exact) mass is 508 g/mol. The maximum Gasteiger partial charge on any atom is 0.325 e. The summed E-state index contributed by atoms with van der Waals surface area (Å²) in [6.07, 6.45) is 1.63. The van der Waals surface area contributed by atoms with Crippen molar-refractivity contribution in [3.8, 4) is 16.9 Å². The number of benzene rings is 2.